The molecule has 0 bridgehead atoms. The van der Waals surface area contributed by atoms with Crippen LogP contribution in [0.1, 0.15) is 11.3 Å². The number of hydrogen-bond acceptors (Lipinski definition) is 3. The lowest BCUT2D eigenvalue weighted by Gasteiger charge is -2.09. The molecule has 0 aliphatic carbocycles. The van der Waals surface area contributed by atoms with Crippen molar-refractivity contribution in [1.82, 2.24) is 9.78 Å². The molecule has 1 heterocycles. The van der Waals surface area contributed by atoms with Crippen molar-refractivity contribution in [3.05, 3.63) is 40.8 Å². The molecule has 0 fully saturated rings. The first kappa shape index (κ1) is 14.2. The predicted molar refractivity (Wildman–Crippen MR) is 68.1 cm³/mol. The predicted octanol–water partition coefficient (Wildman–Crippen LogP) is 2.77. The minimum absolute atomic E-state index is 0.145. The van der Waals surface area contributed by atoms with Crippen molar-refractivity contribution in [2.45, 2.75) is 13.5 Å². The van der Waals surface area contributed by atoms with E-state index in [1.807, 2.05) is 0 Å². The summed E-state index contributed by atoms with van der Waals surface area (Å²) in [5.41, 5.74) is 1.65. The fourth-order valence-corrected chi connectivity index (χ4v) is 1.99. The first-order chi connectivity index (χ1) is 9.43. The molecular formula is C13H14F3N3O. The maximum atomic E-state index is 13.1. The van der Waals surface area contributed by atoms with Crippen molar-refractivity contribution in [1.29, 1.82) is 0 Å². The van der Waals surface area contributed by atoms with Gasteiger partial charge in [0.25, 0.3) is 0 Å². The van der Waals surface area contributed by atoms with Gasteiger partial charge in [0, 0.05) is 31.4 Å². The van der Waals surface area contributed by atoms with Gasteiger partial charge in [-0.25, -0.2) is 17.9 Å². The Morgan fingerprint density at radius 3 is 2.40 bits per heavy atom. The number of methoxy groups -OCH3 is 1. The second-order valence-corrected chi connectivity index (χ2v) is 4.30. The van der Waals surface area contributed by atoms with Gasteiger partial charge in [0.05, 0.1) is 18.4 Å². The molecule has 1 aromatic heterocycles. The van der Waals surface area contributed by atoms with Gasteiger partial charge in [-0.1, -0.05) is 0 Å². The molecule has 0 aliphatic heterocycles. The van der Waals surface area contributed by atoms with Gasteiger partial charge >= 0.3 is 0 Å². The van der Waals surface area contributed by atoms with Gasteiger partial charge in [-0.2, -0.15) is 5.10 Å². The SMILES string of the molecule is COc1c(CNc2cc(F)c(F)c(F)c2)c(C)nn1C. The first-order valence-corrected chi connectivity index (χ1v) is 5.89. The first-order valence-electron chi connectivity index (χ1n) is 5.89. The number of aryl methyl sites for hydroxylation is 2. The largest absolute Gasteiger partial charge is 0.481 e. The van der Waals surface area contributed by atoms with Crippen LogP contribution in [0.5, 0.6) is 5.88 Å². The van der Waals surface area contributed by atoms with Gasteiger partial charge in [-0.15, -0.1) is 0 Å². The molecule has 4 nitrogen and oxygen atoms in total. The zero-order valence-corrected chi connectivity index (χ0v) is 11.3. The van der Waals surface area contributed by atoms with Crippen LogP contribution in [0.3, 0.4) is 0 Å². The molecule has 20 heavy (non-hydrogen) atoms. The Labute approximate surface area is 114 Å². The summed E-state index contributed by atoms with van der Waals surface area (Å²) in [6, 6.07) is 1.80. The van der Waals surface area contributed by atoms with E-state index in [2.05, 4.69) is 10.4 Å². The molecule has 0 amide bonds. The Balaban J connectivity index is 2.21. The third-order valence-electron chi connectivity index (χ3n) is 2.94. The van der Waals surface area contributed by atoms with Crippen LogP contribution in [0.15, 0.2) is 12.1 Å². The van der Waals surface area contributed by atoms with Crippen LogP contribution in [0.2, 0.25) is 0 Å². The number of ether oxygens (including phenoxy) is 1. The zero-order valence-electron chi connectivity index (χ0n) is 11.3. The second kappa shape index (κ2) is 5.44. The van der Waals surface area contributed by atoms with E-state index < -0.39 is 17.5 Å². The Morgan fingerprint density at radius 1 is 1.25 bits per heavy atom. The summed E-state index contributed by atoms with van der Waals surface area (Å²) < 4.78 is 45.8. The summed E-state index contributed by atoms with van der Waals surface area (Å²) in [5.74, 6) is -3.39. The highest BCUT2D eigenvalue weighted by atomic mass is 19.2. The maximum Gasteiger partial charge on any atom is 0.216 e. The summed E-state index contributed by atoms with van der Waals surface area (Å²) in [7, 11) is 3.24. The second-order valence-electron chi connectivity index (χ2n) is 4.30. The zero-order chi connectivity index (χ0) is 14.9. The van der Waals surface area contributed by atoms with E-state index >= 15 is 0 Å². The fourth-order valence-electron chi connectivity index (χ4n) is 1.99. The van der Waals surface area contributed by atoms with Crippen molar-refractivity contribution in [2.75, 3.05) is 12.4 Å². The third kappa shape index (κ3) is 2.56. The highest BCUT2D eigenvalue weighted by Crippen LogP contribution is 2.23. The number of nitrogens with zero attached hydrogens (tertiary/aromatic N) is 2. The van der Waals surface area contributed by atoms with E-state index in [0.29, 0.717) is 5.88 Å². The van der Waals surface area contributed by atoms with Crippen LogP contribution in [-0.2, 0) is 13.6 Å². The van der Waals surface area contributed by atoms with Crippen LogP contribution in [0, 0.1) is 24.4 Å². The van der Waals surface area contributed by atoms with Crippen LogP contribution in [0.25, 0.3) is 0 Å². The Morgan fingerprint density at radius 2 is 1.85 bits per heavy atom. The smallest absolute Gasteiger partial charge is 0.216 e. The molecule has 0 atom stereocenters. The molecule has 0 aliphatic rings. The van der Waals surface area contributed by atoms with E-state index in [1.54, 1.807) is 18.7 Å². The van der Waals surface area contributed by atoms with E-state index in [-0.39, 0.29) is 12.2 Å². The van der Waals surface area contributed by atoms with Gasteiger partial charge in [-0.05, 0) is 6.92 Å². The van der Waals surface area contributed by atoms with Gasteiger partial charge in [0.1, 0.15) is 0 Å². The molecule has 2 rings (SSSR count). The average molecular weight is 285 g/mol. The number of benzene rings is 1. The van der Waals surface area contributed by atoms with Gasteiger partial charge in [-0.3, -0.25) is 0 Å². The lowest BCUT2D eigenvalue weighted by molar-refractivity contribution is 0.370. The van der Waals surface area contributed by atoms with Gasteiger partial charge in [0.2, 0.25) is 5.88 Å². The molecule has 0 radical (unpaired) electrons. The Kier molecular flexibility index (Phi) is 3.87. The summed E-state index contributed by atoms with van der Waals surface area (Å²) in [4.78, 5) is 0. The lowest BCUT2D eigenvalue weighted by Crippen LogP contribution is -2.04. The Hall–Kier alpha value is -2.18. The number of halogens is 3. The maximum absolute atomic E-state index is 13.1. The molecule has 0 saturated carbocycles. The number of nitrogens with one attached hydrogen (secondary N) is 1. The van der Waals surface area contributed by atoms with Crippen molar-refractivity contribution in [3.63, 3.8) is 0 Å². The number of rotatable bonds is 4. The topological polar surface area (TPSA) is 39.1 Å². The minimum Gasteiger partial charge on any atom is -0.481 e. The molecule has 0 spiro atoms. The standard InChI is InChI=1S/C13H14F3N3O/c1-7-9(13(20-3)19(2)18-7)6-17-8-4-10(14)12(16)11(15)5-8/h4-5,17H,6H2,1-3H3. The molecular weight excluding hydrogens is 271 g/mol. The highest BCUT2D eigenvalue weighted by molar-refractivity contribution is 5.46. The lowest BCUT2D eigenvalue weighted by atomic mass is 10.2. The average Bonchev–Trinajstić information content (AvgIpc) is 2.67. The number of aromatic nitrogens is 2. The van der Waals surface area contributed by atoms with Crippen molar-refractivity contribution < 1.29 is 17.9 Å². The van der Waals surface area contributed by atoms with Crippen molar-refractivity contribution in [2.24, 2.45) is 7.05 Å². The van der Waals surface area contributed by atoms with Crippen LogP contribution < -0.4 is 10.1 Å². The molecule has 0 unspecified atom stereocenters. The number of anilines is 1. The van der Waals surface area contributed by atoms with Gasteiger partial charge in [0.15, 0.2) is 17.5 Å². The molecule has 0 saturated heterocycles. The summed E-state index contributed by atoms with van der Waals surface area (Å²) in [6.45, 7) is 2.05. The van der Waals surface area contributed by atoms with E-state index in [4.69, 9.17) is 4.74 Å². The normalized spacial score (nSPS) is 10.7. The number of hydrogen-bond donors (Lipinski definition) is 1. The molecule has 2 aromatic rings. The van der Waals surface area contributed by atoms with Crippen molar-refractivity contribution >= 4 is 5.69 Å². The van der Waals surface area contributed by atoms with E-state index in [0.717, 1.165) is 23.4 Å². The quantitative estimate of drug-likeness (QED) is 0.878. The molecule has 1 N–H and O–H groups in total. The van der Waals surface area contributed by atoms with Crippen molar-refractivity contribution in [3.8, 4) is 5.88 Å². The molecule has 108 valence electrons. The summed E-state index contributed by atoms with van der Waals surface area (Å²) in [5, 5.41) is 7.01. The van der Waals surface area contributed by atoms with Gasteiger partial charge < -0.3 is 10.1 Å². The minimum atomic E-state index is -1.48. The Bertz CT molecular complexity index is 617. The van der Waals surface area contributed by atoms with E-state index in [1.165, 1.54) is 7.11 Å². The molecule has 7 heteroatoms. The van der Waals surface area contributed by atoms with Crippen LogP contribution >= 0.6 is 0 Å². The molecule has 1 aromatic carbocycles. The summed E-state index contributed by atoms with van der Waals surface area (Å²) >= 11 is 0. The monoisotopic (exact) mass is 285 g/mol. The van der Waals surface area contributed by atoms with Crippen LogP contribution in [-0.4, -0.2) is 16.9 Å². The van der Waals surface area contributed by atoms with Crippen LogP contribution in [0.4, 0.5) is 18.9 Å². The summed E-state index contributed by atoms with van der Waals surface area (Å²) in [6.07, 6.45) is 0. The fraction of sp³-hybridized carbons (Fsp3) is 0.308. The third-order valence-corrected chi connectivity index (χ3v) is 2.94. The highest BCUT2D eigenvalue weighted by Gasteiger charge is 2.15. The van der Waals surface area contributed by atoms with E-state index in [9.17, 15) is 13.2 Å².